The Morgan fingerprint density at radius 1 is 0.917 bits per heavy atom. The van der Waals surface area contributed by atoms with Gasteiger partial charge >= 0.3 is 0 Å². The van der Waals surface area contributed by atoms with Gasteiger partial charge < -0.3 is 10.2 Å². The van der Waals surface area contributed by atoms with E-state index in [1.54, 1.807) is 0 Å². The monoisotopic (exact) mass is 357 g/mol. The molecule has 2 aromatic carbocycles. The molecule has 3 aromatic rings. The van der Waals surface area contributed by atoms with E-state index < -0.39 is 0 Å². The third-order valence-corrected chi connectivity index (χ3v) is 4.99. The summed E-state index contributed by atoms with van der Waals surface area (Å²) in [7, 11) is 0. The van der Waals surface area contributed by atoms with Crippen LogP contribution in [-0.2, 0) is 0 Å². The van der Waals surface area contributed by atoms with E-state index in [9.17, 15) is 0 Å². The van der Waals surface area contributed by atoms with Gasteiger partial charge in [0.25, 0.3) is 0 Å². The molecule has 0 amide bonds. The number of piperazine rings is 1. The van der Waals surface area contributed by atoms with E-state index in [0.717, 1.165) is 54.0 Å². The van der Waals surface area contributed by atoms with Gasteiger partial charge in [0, 0.05) is 42.8 Å². The molecular weight excluding hydrogens is 341 g/mol. The van der Waals surface area contributed by atoms with Gasteiger partial charge in [-0.15, -0.1) is 0 Å². The molecule has 5 heteroatoms. The maximum Gasteiger partial charge on any atom is 0.0931 e. The maximum atomic E-state index is 6.51. The topological polar surface area (TPSA) is 28.2 Å². The average Bonchev–Trinajstić information content (AvgIpc) is 2.65. The first-order valence-electron chi connectivity index (χ1n) is 8.04. The van der Waals surface area contributed by atoms with Crippen LogP contribution in [0.4, 0.5) is 5.69 Å². The number of rotatable bonds is 2. The minimum absolute atomic E-state index is 0.628. The summed E-state index contributed by atoms with van der Waals surface area (Å²) in [6.07, 6.45) is 0. The van der Waals surface area contributed by atoms with E-state index in [0.29, 0.717) is 10.0 Å². The summed E-state index contributed by atoms with van der Waals surface area (Å²) in [5, 5.41) is 5.64. The zero-order valence-corrected chi connectivity index (χ0v) is 14.6. The summed E-state index contributed by atoms with van der Waals surface area (Å²) in [5.41, 5.74) is 3.86. The molecule has 0 bridgehead atoms. The van der Waals surface area contributed by atoms with Crippen molar-refractivity contribution in [3.05, 3.63) is 58.6 Å². The summed E-state index contributed by atoms with van der Waals surface area (Å²) in [6.45, 7) is 3.80. The molecule has 1 aliphatic heterocycles. The van der Waals surface area contributed by atoms with Crippen molar-refractivity contribution in [3.63, 3.8) is 0 Å². The minimum Gasteiger partial charge on any atom is -0.368 e. The van der Waals surface area contributed by atoms with E-state index in [1.165, 1.54) is 0 Å². The number of nitrogens with one attached hydrogen (secondary N) is 1. The fourth-order valence-electron chi connectivity index (χ4n) is 3.16. The third kappa shape index (κ3) is 2.84. The number of benzene rings is 2. The molecule has 2 heterocycles. The van der Waals surface area contributed by atoms with Gasteiger partial charge in [-0.1, -0.05) is 53.5 Å². The van der Waals surface area contributed by atoms with Crippen LogP contribution in [0.15, 0.2) is 48.5 Å². The number of anilines is 1. The van der Waals surface area contributed by atoms with Crippen LogP contribution >= 0.6 is 23.2 Å². The molecule has 0 spiro atoms. The highest BCUT2D eigenvalue weighted by molar-refractivity contribution is 6.41. The average molecular weight is 358 g/mol. The lowest BCUT2D eigenvalue weighted by Gasteiger charge is -2.31. The van der Waals surface area contributed by atoms with Gasteiger partial charge in [0.15, 0.2) is 0 Å². The molecule has 1 fully saturated rings. The fourth-order valence-corrected chi connectivity index (χ4v) is 3.61. The van der Waals surface area contributed by atoms with E-state index in [1.807, 2.05) is 30.3 Å². The highest BCUT2D eigenvalue weighted by atomic mass is 35.5. The number of pyridine rings is 1. The molecular formula is C19H17Cl2N3. The minimum atomic E-state index is 0.628. The Hall–Kier alpha value is -1.81. The van der Waals surface area contributed by atoms with Gasteiger partial charge in [-0.25, -0.2) is 4.98 Å². The van der Waals surface area contributed by atoms with Crippen molar-refractivity contribution in [2.45, 2.75) is 0 Å². The van der Waals surface area contributed by atoms with Crippen LogP contribution < -0.4 is 10.2 Å². The highest BCUT2D eigenvalue weighted by Crippen LogP contribution is 2.38. The quantitative estimate of drug-likeness (QED) is 0.725. The number of aromatic nitrogens is 1. The van der Waals surface area contributed by atoms with Crippen LogP contribution in [0.1, 0.15) is 0 Å². The molecule has 122 valence electrons. The Balaban J connectivity index is 1.98. The number of hydrogen-bond donors (Lipinski definition) is 1. The third-order valence-electron chi connectivity index (χ3n) is 4.37. The van der Waals surface area contributed by atoms with Gasteiger partial charge in [0.2, 0.25) is 0 Å². The molecule has 3 nitrogen and oxygen atoms in total. The van der Waals surface area contributed by atoms with E-state index in [-0.39, 0.29) is 0 Å². The summed E-state index contributed by atoms with van der Waals surface area (Å²) >= 11 is 13.0. The Morgan fingerprint density at radius 3 is 2.38 bits per heavy atom. The van der Waals surface area contributed by atoms with E-state index in [2.05, 4.69) is 28.4 Å². The normalized spacial score (nSPS) is 15.0. The summed E-state index contributed by atoms with van der Waals surface area (Å²) in [4.78, 5) is 7.16. The van der Waals surface area contributed by atoms with Gasteiger partial charge in [0.05, 0.1) is 21.3 Å². The van der Waals surface area contributed by atoms with E-state index >= 15 is 0 Å². The van der Waals surface area contributed by atoms with Crippen LogP contribution in [0.2, 0.25) is 10.0 Å². The van der Waals surface area contributed by atoms with Gasteiger partial charge in [-0.3, -0.25) is 0 Å². The van der Waals surface area contributed by atoms with Crippen molar-refractivity contribution in [1.82, 2.24) is 10.3 Å². The molecule has 4 rings (SSSR count). The highest BCUT2D eigenvalue weighted by Gasteiger charge is 2.19. The lowest BCUT2D eigenvalue weighted by Crippen LogP contribution is -2.43. The van der Waals surface area contributed by atoms with Gasteiger partial charge in [-0.05, 0) is 18.2 Å². The molecule has 0 saturated carbocycles. The number of fused-ring (bicyclic) bond motifs is 1. The molecule has 0 atom stereocenters. The molecule has 0 radical (unpaired) electrons. The van der Waals surface area contributed by atoms with Crippen LogP contribution in [0, 0.1) is 0 Å². The van der Waals surface area contributed by atoms with Crippen molar-refractivity contribution in [3.8, 4) is 11.3 Å². The van der Waals surface area contributed by atoms with E-state index in [4.69, 9.17) is 28.2 Å². The van der Waals surface area contributed by atoms with Crippen molar-refractivity contribution in [2.24, 2.45) is 0 Å². The second kappa shape index (κ2) is 6.60. The van der Waals surface area contributed by atoms with Crippen molar-refractivity contribution in [2.75, 3.05) is 31.1 Å². The second-order valence-electron chi connectivity index (χ2n) is 5.88. The number of halogens is 2. The Bertz CT molecular complexity index is 875. The molecule has 1 aliphatic rings. The summed E-state index contributed by atoms with van der Waals surface area (Å²) in [5.74, 6) is 0. The molecule has 1 aromatic heterocycles. The molecule has 1 N–H and O–H groups in total. The first-order valence-corrected chi connectivity index (χ1v) is 8.79. The first-order chi connectivity index (χ1) is 11.7. The lowest BCUT2D eigenvalue weighted by atomic mass is 10.1. The van der Waals surface area contributed by atoms with Gasteiger partial charge in [-0.2, -0.15) is 0 Å². The summed E-state index contributed by atoms with van der Waals surface area (Å²) < 4.78 is 0. The van der Waals surface area contributed by atoms with Crippen LogP contribution in [0.3, 0.4) is 0 Å². The molecule has 1 saturated heterocycles. The van der Waals surface area contributed by atoms with Gasteiger partial charge in [0.1, 0.15) is 0 Å². The Labute approximate surface area is 151 Å². The second-order valence-corrected chi connectivity index (χ2v) is 6.70. The van der Waals surface area contributed by atoms with Crippen LogP contribution in [0.25, 0.3) is 22.2 Å². The SMILES string of the molecule is Clc1ccc(Cl)c2c(N3CCNCC3)cc(-c3ccccc3)nc12. The smallest absolute Gasteiger partial charge is 0.0931 e. The van der Waals surface area contributed by atoms with Crippen molar-refractivity contribution >= 4 is 39.8 Å². The lowest BCUT2D eigenvalue weighted by molar-refractivity contribution is 0.590. The number of nitrogens with zero attached hydrogens (tertiary/aromatic N) is 2. The fraction of sp³-hybridized carbons (Fsp3) is 0.211. The summed E-state index contributed by atoms with van der Waals surface area (Å²) in [6, 6.07) is 16.0. The Kier molecular flexibility index (Phi) is 4.31. The standard InChI is InChI=1S/C19H17Cl2N3/c20-14-6-7-15(21)19-18(14)17(24-10-8-22-9-11-24)12-16(23-19)13-4-2-1-3-5-13/h1-7,12,22H,8-11H2. The molecule has 0 unspecified atom stereocenters. The van der Waals surface area contributed by atoms with Crippen molar-refractivity contribution < 1.29 is 0 Å². The zero-order chi connectivity index (χ0) is 16.5. The molecule has 0 aliphatic carbocycles. The first kappa shape index (κ1) is 15.7. The molecule has 24 heavy (non-hydrogen) atoms. The van der Waals surface area contributed by atoms with Crippen molar-refractivity contribution in [1.29, 1.82) is 0 Å². The van der Waals surface area contributed by atoms with Crippen LogP contribution in [0.5, 0.6) is 0 Å². The zero-order valence-electron chi connectivity index (χ0n) is 13.1. The largest absolute Gasteiger partial charge is 0.368 e. The predicted octanol–water partition coefficient (Wildman–Crippen LogP) is 4.62. The predicted molar refractivity (Wildman–Crippen MR) is 102 cm³/mol. The Morgan fingerprint density at radius 2 is 1.62 bits per heavy atom. The van der Waals surface area contributed by atoms with Crippen LogP contribution in [-0.4, -0.2) is 31.2 Å². The number of hydrogen-bond acceptors (Lipinski definition) is 3. The maximum absolute atomic E-state index is 6.51.